The standard InChI is InChI=1S/C14H22N2O4S/c1-5-16(6-2)21(18,19)12-8-9-14(20-7-3)13(10-12)15-11(4)17/h8-10H,5-7H2,1-4H3,(H,15,17). The highest BCUT2D eigenvalue weighted by atomic mass is 32.2. The van der Waals surface area contributed by atoms with Gasteiger partial charge in [-0.3, -0.25) is 4.79 Å². The van der Waals surface area contributed by atoms with Crippen molar-refractivity contribution in [2.45, 2.75) is 32.6 Å². The Morgan fingerprint density at radius 3 is 2.33 bits per heavy atom. The van der Waals surface area contributed by atoms with Gasteiger partial charge in [0, 0.05) is 20.0 Å². The highest BCUT2D eigenvalue weighted by molar-refractivity contribution is 7.89. The van der Waals surface area contributed by atoms with E-state index in [1.54, 1.807) is 19.9 Å². The number of rotatable bonds is 7. The molecule has 0 bridgehead atoms. The van der Waals surface area contributed by atoms with E-state index in [1.807, 2.05) is 6.92 Å². The van der Waals surface area contributed by atoms with E-state index in [0.29, 0.717) is 31.1 Å². The lowest BCUT2D eigenvalue weighted by Crippen LogP contribution is -2.30. The Balaban J connectivity index is 3.29. The zero-order valence-electron chi connectivity index (χ0n) is 12.8. The number of ether oxygens (including phenoxy) is 1. The summed E-state index contributed by atoms with van der Waals surface area (Å²) in [6.45, 7) is 7.95. The van der Waals surface area contributed by atoms with Crippen molar-refractivity contribution in [3.8, 4) is 5.75 Å². The molecule has 21 heavy (non-hydrogen) atoms. The lowest BCUT2D eigenvalue weighted by Gasteiger charge is -2.19. The number of sulfonamides is 1. The van der Waals surface area contributed by atoms with Gasteiger partial charge in [0.05, 0.1) is 17.2 Å². The number of carbonyl (C=O) groups is 1. The van der Waals surface area contributed by atoms with Crippen LogP contribution in [0.3, 0.4) is 0 Å². The predicted octanol–water partition coefficient (Wildman–Crippen LogP) is 2.07. The molecule has 118 valence electrons. The number of hydrogen-bond acceptors (Lipinski definition) is 4. The fourth-order valence-electron chi connectivity index (χ4n) is 1.95. The summed E-state index contributed by atoms with van der Waals surface area (Å²) in [7, 11) is -3.56. The lowest BCUT2D eigenvalue weighted by atomic mass is 10.3. The first-order valence-corrected chi connectivity index (χ1v) is 8.35. The summed E-state index contributed by atoms with van der Waals surface area (Å²) >= 11 is 0. The van der Waals surface area contributed by atoms with Crippen molar-refractivity contribution in [1.29, 1.82) is 0 Å². The van der Waals surface area contributed by atoms with Crippen LogP contribution in [0.1, 0.15) is 27.7 Å². The Hall–Kier alpha value is -1.60. The van der Waals surface area contributed by atoms with Gasteiger partial charge in [-0.2, -0.15) is 4.31 Å². The average Bonchev–Trinajstić information content (AvgIpc) is 2.41. The molecular weight excluding hydrogens is 292 g/mol. The maximum Gasteiger partial charge on any atom is 0.243 e. The molecule has 7 heteroatoms. The highest BCUT2D eigenvalue weighted by Crippen LogP contribution is 2.29. The summed E-state index contributed by atoms with van der Waals surface area (Å²) < 4.78 is 31.7. The van der Waals surface area contributed by atoms with Gasteiger partial charge in [0.2, 0.25) is 15.9 Å². The summed E-state index contributed by atoms with van der Waals surface area (Å²) in [5, 5.41) is 2.60. The van der Waals surface area contributed by atoms with Gasteiger partial charge in [0.1, 0.15) is 5.75 Å². The molecule has 1 aromatic rings. The topological polar surface area (TPSA) is 75.7 Å². The second kappa shape index (κ2) is 7.42. The molecule has 0 atom stereocenters. The molecule has 0 aromatic heterocycles. The van der Waals surface area contributed by atoms with Gasteiger partial charge in [0.15, 0.2) is 0 Å². The lowest BCUT2D eigenvalue weighted by molar-refractivity contribution is -0.114. The van der Waals surface area contributed by atoms with Crippen molar-refractivity contribution in [1.82, 2.24) is 4.31 Å². The van der Waals surface area contributed by atoms with E-state index in [4.69, 9.17) is 4.74 Å². The minimum Gasteiger partial charge on any atom is -0.492 e. The van der Waals surface area contributed by atoms with Gasteiger partial charge in [-0.15, -0.1) is 0 Å². The van der Waals surface area contributed by atoms with Crippen molar-refractivity contribution in [3.05, 3.63) is 18.2 Å². The number of nitrogens with zero attached hydrogens (tertiary/aromatic N) is 1. The first kappa shape index (κ1) is 17.5. The van der Waals surface area contributed by atoms with Crippen LogP contribution in [0.25, 0.3) is 0 Å². The highest BCUT2D eigenvalue weighted by Gasteiger charge is 2.23. The van der Waals surface area contributed by atoms with Crippen LogP contribution in [0, 0.1) is 0 Å². The van der Waals surface area contributed by atoms with E-state index in [2.05, 4.69) is 5.32 Å². The van der Waals surface area contributed by atoms with Crippen molar-refractivity contribution < 1.29 is 17.9 Å². The number of amides is 1. The van der Waals surface area contributed by atoms with E-state index >= 15 is 0 Å². The second-order valence-corrected chi connectivity index (χ2v) is 6.30. The van der Waals surface area contributed by atoms with E-state index in [0.717, 1.165) is 0 Å². The molecule has 0 unspecified atom stereocenters. The van der Waals surface area contributed by atoms with Gasteiger partial charge in [-0.1, -0.05) is 13.8 Å². The maximum atomic E-state index is 12.5. The SMILES string of the molecule is CCOc1ccc(S(=O)(=O)N(CC)CC)cc1NC(C)=O. The van der Waals surface area contributed by atoms with Crippen LogP contribution in [-0.2, 0) is 14.8 Å². The van der Waals surface area contributed by atoms with Crippen LogP contribution in [0.2, 0.25) is 0 Å². The van der Waals surface area contributed by atoms with Crippen LogP contribution in [0.4, 0.5) is 5.69 Å². The number of nitrogens with one attached hydrogen (secondary N) is 1. The molecule has 1 N–H and O–H groups in total. The largest absolute Gasteiger partial charge is 0.492 e. The van der Waals surface area contributed by atoms with E-state index in [1.165, 1.54) is 23.4 Å². The molecule has 0 spiro atoms. The smallest absolute Gasteiger partial charge is 0.243 e. The summed E-state index contributed by atoms with van der Waals surface area (Å²) in [4.78, 5) is 11.4. The number of hydrogen-bond donors (Lipinski definition) is 1. The molecule has 6 nitrogen and oxygen atoms in total. The van der Waals surface area contributed by atoms with E-state index in [-0.39, 0.29) is 10.8 Å². The van der Waals surface area contributed by atoms with Crippen molar-refractivity contribution in [2.75, 3.05) is 25.0 Å². The van der Waals surface area contributed by atoms with Crippen LogP contribution in [-0.4, -0.2) is 38.3 Å². The number of carbonyl (C=O) groups excluding carboxylic acids is 1. The molecule has 0 aliphatic carbocycles. The third-order valence-corrected chi connectivity index (χ3v) is 4.95. The van der Waals surface area contributed by atoms with Crippen molar-refractivity contribution in [2.24, 2.45) is 0 Å². The van der Waals surface area contributed by atoms with Gasteiger partial charge in [-0.05, 0) is 25.1 Å². The normalized spacial score (nSPS) is 11.5. The third-order valence-electron chi connectivity index (χ3n) is 2.90. The average molecular weight is 314 g/mol. The van der Waals surface area contributed by atoms with Gasteiger partial charge >= 0.3 is 0 Å². The fraction of sp³-hybridized carbons (Fsp3) is 0.500. The van der Waals surface area contributed by atoms with Crippen molar-refractivity contribution >= 4 is 21.6 Å². The minimum absolute atomic E-state index is 0.137. The molecule has 0 radical (unpaired) electrons. The molecule has 0 saturated heterocycles. The Kier molecular flexibility index (Phi) is 6.17. The predicted molar refractivity (Wildman–Crippen MR) is 82.0 cm³/mol. The maximum absolute atomic E-state index is 12.5. The number of benzene rings is 1. The molecule has 1 aromatic carbocycles. The molecule has 1 amide bonds. The first-order valence-electron chi connectivity index (χ1n) is 6.91. The van der Waals surface area contributed by atoms with E-state index < -0.39 is 10.0 Å². The third kappa shape index (κ3) is 4.18. The quantitative estimate of drug-likeness (QED) is 0.836. The van der Waals surface area contributed by atoms with Crippen molar-refractivity contribution in [3.63, 3.8) is 0 Å². The Morgan fingerprint density at radius 1 is 1.24 bits per heavy atom. The summed E-state index contributed by atoms with van der Waals surface area (Å²) in [5.74, 6) is 0.166. The van der Waals surface area contributed by atoms with Crippen LogP contribution >= 0.6 is 0 Å². The zero-order chi connectivity index (χ0) is 16.0. The fourth-order valence-corrected chi connectivity index (χ4v) is 3.44. The van der Waals surface area contributed by atoms with Crippen LogP contribution in [0.5, 0.6) is 5.75 Å². The van der Waals surface area contributed by atoms with Gasteiger partial charge in [-0.25, -0.2) is 8.42 Å². The Morgan fingerprint density at radius 2 is 1.86 bits per heavy atom. The minimum atomic E-state index is -3.56. The first-order chi connectivity index (χ1) is 9.86. The molecule has 0 aliphatic heterocycles. The molecule has 0 saturated carbocycles. The molecule has 0 heterocycles. The van der Waals surface area contributed by atoms with Gasteiger partial charge < -0.3 is 10.1 Å². The summed E-state index contributed by atoms with van der Waals surface area (Å²) in [6.07, 6.45) is 0. The molecule has 0 fully saturated rings. The number of anilines is 1. The summed E-state index contributed by atoms with van der Waals surface area (Å²) in [5.41, 5.74) is 0.359. The molecular formula is C14H22N2O4S. The molecule has 1 rings (SSSR count). The zero-order valence-corrected chi connectivity index (χ0v) is 13.7. The van der Waals surface area contributed by atoms with Gasteiger partial charge in [0.25, 0.3) is 0 Å². The van der Waals surface area contributed by atoms with Crippen LogP contribution < -0.4 is 10.1 Å². The molecule has 0 aliphatic rings. The summed E-state index contributed by atoms with van der Waals surface area (Å²) in [6, 6.07) is 4.48. The Bertz CT molecular complexity index is 595. The Labute approximate surface area is 126 Å². The van der Waals surface area contributed by atoms with Crippen LogP contribution in [0.15, 0.2) is 23.1 Å². The van der Waals surface area contributed by atoms with E-state index in [9.17, 15) is 13.2 Å². The monoisotopic (exact) mass is 314 g/mol. The second-order valence-electron chi connectivity index (χ2n) is 4.36.